The number of rotatable bonds is 4. The standard InChI is InChI=1S/C19H19N5O4/c1-11-10-23-14-15(21(2)19(28)22(3)16(14)25)20-18(23)24(11)13(17(26)27)9-12-7-5-4-6-8-12/h4-8,10,13H,9H2,1-3H3,(H,26,27)/t13-/m1/s1. The molecule has 4 aromatic rings. The summed E-state index contributed by atoms with van der Waals surface area (Å²) in [5, 5.41) is 9.88. The molecule has 0 saturated heterocycles. The van der Waals surface area contributed by atoms with Crippen LogP contribution in [0, 0.1) is 6.92 Å². The van der Waals surface area contributed by atoms with Crippen molar-refractivity contribution in [3.63, 3.8) is 0 Å². The van der Waals surface area contributed by atoms with Gasteiger partial charge in [-0.05, 0) is 12.5 Å². The van der Waals surface area contributed by atoms with E-state index in [-0.39, 0.29) is 17.6 Å². The Morgan fingerprint density at radius 3 is 2.46 bits per heavy atom. The molecule has 1 aromatic carbocycles. The van der Waals surface area contributed by atoms with Crippen LogP contribution in [-0.2, 0) is 25.3 Å². The Labute approximate surface area is 158 Å². The second-order valence-electron chi connectivity index (χ2n) is 6.84. The van der Waals surface area contributed by atoms with Crippen molar-refractivity contribution in [1.82, 2.24) is 23.1 Å². The highest BCUT2D eigenvalue weighted by atomic mass is 16.4. The van der Waals surface area contributed by atoms with Gasteiger partial charge in [0.1, 0.15) is 6.04 Å². The number of aromatic nitrogens is 5. The first kappa shape index (κ1) is 17.8. The minimum Gasteiger partial charge on any atom is -0.480 e. The molecule has 0 amide bonds. The Hall–Kier alpha value is -3.62. The van der Waals surface area contributed by atoms with Gasteiger partial charge >= 0.3 is 11.7 Å². The predicted octanol–water partition coefficient (Wildman–Crippen LogP) is 0.863. The Morgan fingerprint density at radius 2 is 1.82 bits per heavy atom. The number of nitrogens with zero attached hydrogens (tertiary/aromatic N) is 5. The zero-order chi connectivity index (χ0) is 20.2. The third-order valence-corrected chi connectivity index (χ3v) is 5.05. The van der Waals surface area contributed by atoms with E-state index < -0.39 is 23.3 Å². The molecule has 0 aliphatic carbocycles. The van der Waals surface area contributed by atoms with Crippen LogP contribution in [0.4, 0.5) is 0 Å². The van der Waals surface area contributed by atoms with Gasteiger partial charge in [-0.25, -0.2) is 9.59 Å². The van der Waals surface area contributed by atoms with Crippen LogP contribution in [0.1, 0.15) is 17.3 Å². The normalized spacial score (nSPS) is 12.7. The largest absolute Gasteiger partial charge is 0.480 e. The molecule has 3 aromatic heterocycles. The first-order valence-corrected chi connectivity index (χ1v) is 8.73. The van der Waals surface area contributed by atoms with E-state index in [1.807, 2.05) is 30.3 Å². The molecule has 0 spiro atoms. The molecule has 1 atom stereocenters. The minimum absolute atomic E-state index is 0.223. The van der Waals surface area contributed by atoms with Crippen LogP contribution < -0.4 is 11.2 Å². The summed E-state index contributed by atoms with van der Waals surface area (Å²) in [5.74, 6) is -0.687. The summed E-state index contributed by atoms with van der Waals surface area (Å²) in [6.07, 6.45) is 1.94. The monoisotopic (exact) mass is 381 g/mol. The maximum atomic E-state index is 12.7. The van der Waals surface area contributed by atoms with Crippen LogP contribution in [0.2, 0.25) is 0 Å². The molecule has 0 aliphatic rings. The molecule has 4 rings (SSSR count). The zero-order valence-corrected chi connectivity index (χ0v) is 15.7. The second kappa shape index (κ2) is 6.22. The van der Waals surface area contributed by atoms with Crippen LogP contribution in [0.25, 0.3) is 16.9 Å². The molecule has 144 valence electrons. The summed E-state index contributed by atoms with van der Waals surface area (Å²) in [6.45, 7) is 1.77. The fourth-order valence-corrected chi connectivity index (χ4v) is 3.61. The van der Waals surface area contributed by atoms with E-state index in [2.05, 4.69) is 4.98 Å². The van der Waals surface area contributed by atoms with Crippen molar-refractivity contribution in [2.24, 2.45) is 14.1 Å². The number of imidazole rings is 2. The van der Waals surface area contributed by atoms with Crippen molar-refractivity contribution in [3.05, 3.63) is 68.6 Å². The maximum Gasteiger partial charge on any atom is 0.332 e. The molecular weight excluding hydrogens is 362 g/mol. The lowest BCUT2D eigenvalue weighted by Crippen LogP contribution is -2.37. The van der Waals surface area contributed by atoms with Gasteiger partial charge in [0.2, 0.25) is 5.78 Å². The minimum atomic E-state index is -1.00. The van der Waals surface area contributed by atoms with Crippen LogP contribution >= 0.6 is 0 Å². The quantitative estimate of drug-likeness (QED) is 0.565. The molecule has 0 fully saturated rings. The smallest absolute Gasteiger partial charge is 0.332 e. The van der Waals surface area contributed by atoms with Crippen LogP contribution in [0.5, 0.6) is 0 Å². The Balaban J connectivity index is 2.01. The fourth-order valence-electron chi connectivity index (χ4n) is 3.61. The SMILES string of the molecule is Cc1cn2c3c(=O)n(C)c(=O)n(C)c3nc2n1[C@H](Cc1ccccc1)C(=O)O. The van der Waals surface area contributed by atoms with E-state index in [4.69, 9.17) is 0 Å². The van der Waals surface area contributed by atoms with Crippen molar-refractivity contribution in [2.45, 2.75) is 19.4 Å². The average molecular weight is 381 g/mol. The number of hydrogen-bond donors (Lipinski definition) is 1. The van der Waals surface area contributed by atoms with Gasteiger partial charge in [-0.15, -0.1) is 0 Å². The van der Waals surface area contributed by atoms with Crippen molar-refractivity contribution in [2.75, 3.05) is 0 Å². The average Bonchev–Trinajstić information content (AvgIpc) is 3.18. The van der Waals surface area contributed by atoms with Crippen molar-refractivity contribution in [3.8, 4) is 0 Å². The molecule has 1 N–H and O–H groups in total. The van der Waals surface area contributed by atoms with E-state index in [1.165, 1.54) is 18.7 Å². The number of fused-ring (bicyclic) bond motifs is 3. The number of aliphatic carboxylic acids is 1. The number of carbonyl (C=O) groups is 1. The first-order chi connectivity index (χ1) is 13.3. The van der Waals surface area contributed by atoms with E-state index in [9.17, 15) is 19.5 Å². The number of benzene rings is 1. The van der Waals surface area contributed by atoms with Crippen molar-refractivity contribution >= 4 is 22.9 Å². The molecule has 3 heterocycles. The van der Waals surface area contributed by atoms with Gasteiger partial charge in [-0.1, -0.05) is 30.3 Å². The molecule has 0 saturated carbocycles. The van der Waals surface area contributed by atoms with Gasteiger partial charge in [0.15, 0.2) is 11.2 Å². The van der Waals surface area contributed by atoms with E-state index in [1.54, 1.807) is 22.1 Å². The van der Waals surface area contributed by atoms with Gasteiger partial charge in [0.05, 0.1) is 0 Å². The zero-order valence-electron chi connectivity index (χ0n) is 15.7. The highest BCUT2D eigenvalue weighted by molar-refractivity contribution is 5.78. The van der Waals surface area contributed by atoms with Gasteiger partial charge in [0, 0.05) is 32.4 Å². The van der Waals surface area contributed by atoms with Gasteiger partial charge in [-0.3, -0.25) is 22.9 Å². The lowest BCUT2D eigenvalue weighted by Gasteiger charge is -2.16. The molecule has 0 bridgehead atoms. The summed E-state index contributed by atoms with van der Waals surface area (Å²) in [5.41, 5.74) is 1.04. The lowest BCUT2D eigenvalue weighted by atomic mass is 10.1. The summed E-state index contributed by atoms with van der Waals surface area (Å²) < 4.78 is 5.46. The summed E-state index contributed by atoms with van der Waals surface area (Å²) in [4.78, 5) is 41.4. The number of aryl methyl sites for hydroxylation is 2. The summed E-state index contributed by atoms with van der Waals surface area (Å²) in [7, 11) is 2.94. The highest BCUT2D eigenvalue weighted by Crippen LogP contribution is 2.23. The maximum absolute atomic E-state index is 12.7. The lowest BCUT2D eigenvalue weighted by molar-refractivity contribution is -0.140. The third-order valence-electron chi connectivity index (χ3n) is 5.05. The summed E-state index contributed by atoms with van der Waals surface area (Å²) in [6, 6.07) is 8.42. The third kappa shape index (κ3) is 2.47. The number of carboxylic acids is 1. The topological polar surface area (TPSA) is 104 Å². The van der Waals surface area contributed by atoms with Gasteiger partial charge in [-0.2, -0.15) is 4.98 Å². The number of carboxylic acid groups (broad SMARTS) is 1. The Kier molecular flexibility index (Phi) is 3.95. The van der Waals surface area contributed by atoms with E-state index in [0.717, 1.165) is 10.1 Å². The van der Waals surface area contributed by atoms with Gasteiger partial charge in [0.25, 0.3) is 5.56 Å². The molecular formula is C19H19N5O4. The molecule has 0 radical (unpaired) electrons. The summed E-state index contributed by atoms with van der Waals surface area (Å²) >= 11 is 0. The molecule has 0 aliphatic heterocycles. The second-order valence-corrected chi connectivity index (χ2v) is 6.84. The predicted molar refractivity (Wildman–Crippen MR) is 103 cm³/mol. The Bertz CT molecular complexity index is 1340. The molecule has 9 heteroatoms. The van der Waals surface area contributed by atoms with Crippen LogP contribution in [0.3, 0.4) is 0 Å². The van der Waals surface area contributed by atoms with E-state index in [0.29, 0.717) is 11.5 Å². The fraction of sp³-hybridized carbons (Fsp3) is 0.263. The van der Waals surface area contributed by atoms with Gasteiger partial charge < -0.3 is 5.11 Å². The highest BCUT2D eigenvalue weighted by Gasteiger charge is 2.27. The van der Waals surface area contributed by atoms with E-state index >= 15 is 0 Å². The molecule has 28 heavy (non-hydrogen) atoms. The number of hydrogen-bond acceptors (Lipinski definition) is 4. The first-order valence-electron chi connectivity index (χ1n) is 8.73. The molecule has 9 nitrogen and oxygen atoms in total. The van der Waals surface area contributed by atoms with Crippen molar-refractivity contribution < 1.29 is 9.90 Å². The Morgan fingerprint density at radius 1 is 1.14 bits per heavy atom. The van der Waals surface area contributed by atoms with Crippen molar-refractivity contribution in [1.29, 1.82) is 0 Å². The molecule has 0 unspecified atom stereocenters. The van der Waals surface area contributed by atoms with Crippen LogP contribution in [-0.4, -0.2) is 34.2 Å². The van der Waals surface area contributed by atoms with Crippen LogP contribution in [0.15, 0.2) is 46.1 Å².